The van der Waals surface area contributed by atoms with E-state index in [4.69, 9.17) is 15.2 Å². The number of ether oxygens (including phenoxy) is 2. The summed E-state index contributed by atoms with van der Waals surface area (Å²) in [6.45, 7) is 8.76. The molecule has 5 heteroatoms. The van der Waals surface area contributed by atoms with E-state index in [0.29, 0.717) is 24.8 Å². The highest BCUT2D eigenvalue weighted by Gasteiger charge is 2.12. The van der Waals surface area contributed by atoms with Gasteiger partial charge in [0.15, 0.2) is 0 Å². The molecule has 98 valence electrons. The van der Waals surface area contributed by atoms with Crippen molar-refractivity contribution >= 4 is 5.69 Å². The number of nitrogens with zero attached hydrogens (tertiary/aromatic N) is 2. The van der Waals surface area contributed by atoms with Gasteiger partial charge in [-0.1, -0.05) is 13.8 Å². The van der Waals surface area contributed by atoms with E-state index < -0.39 is 0 Å². The lowest BCUT2D eigenvalue weighted by molar-refractivity contribution is 0.0972. The van der Waals surface area contributed by atoms with Crippen LogP contribution in [-0.4, -0.2) is 29.6 Å². The zero-order chi connectivity index (χ0) is 12.7. The van der Waals surface area contributed by atoms with Crippen molar-refractivity contribution < 1.29 is 9.47 Å². The van der Waals surface area contributed by atoms with Crippen LogP contribution in [0.4, 0.5) is 5.69 Å². The summed E-state index contributed by atoms with van der Waals surface area (Å²) in [7, 11) is 0. The first-order chi connectivity index (χ1) is 8.20. The van der Waals surface area contributed by atoms with E-state index in [2.05, 4.69) is 18.9 Å². The summed E-state index contributed by atoms with van der Waals surface area (Å²) in [5.41, 5.74) is 7.38. The van der Waals surface area contributed by atoms with Crippen LogP contribution in [0.3, 0.4) is 0 Å². The van der Waals surface area contributed by atoms with Gasteiger partial charge in [-0.15, -0.1) is 0 Å². The van der Waals surface area contributed by atoms with Gasteiger partial charge < -0.3 is 15.2 Å². The third kappa shape index (κ3) is 3.93. The second-order valence-electron chi connectivity index (χ2n) is 3.99. The number of anilines is 1. The molecule has 0 unspecified atom stereocenters. The topological polar surface area (TPSA) is 62.3 Å². The zero-order valence-corrected chi connectivity index (χ0v) is 11.0. The molecule has 2 N–H and O–H groups in total. The van der Waals surface area contributed by atoms with Gasteiger partial charge in [-0.05, 0) is 19.8 Å². The Morgan fingerprint density at radius 3 is 2.59 bits per heavy atom. The van der Waals surface area contributed by atoms with Gasteiger partial charge in [0.25, 0.3) is 0 Å². The molecule has 0 amide bonds. The number of nitrogen functional groups attached to an aromatic ring is 1. The van der Waals surface area contributed by atoms with Crippen LogP contribution in [0, 0.1) is 6.92 Å². The van der Waals surface area contributed by atoms with Gasteiger partial charge in [-0.25, -0.2) is 4.68 Å². The summed E-state index contributed by atoms with van der Waals surface area (Å²) < 4.78 is 12.8. The fourth-order valence-corrected chi connectivity index (χ4v) is 1.53. The maximum Gasteiger partial charge on any atom is 0.236 e. The van der Waals surface area contributed by atoms with Gasteiger partial charge in [0.1, 0.15) is 12.3 Å². The summed E-state index contributed by atoms with van der Waals surface area (Å²) in [5, 5.41) is 4.34. The van der Waals surface area contributed by atoms with Crippen LogP contribution in [0.1, 0.15) is 32.4 Å². The molecule has 0 aliphatic carbocycles. The predicted molar refractivity (Wildman–Crippen MR) is 68.3 cm³/mol. The molecule has 0 fully saturated rings. The minimum absolute atomic E-state index is 0.513. The van der Waals surface area contributed by atoms with E-state index in [1.807, 2.05) is 11.6 Å². The van der Waals surface area contributed by atoms with Crippen LogP contribution in [0.5, 0.6) is 5.88 Å². The molecule has 0 spiro atoms. The number of aryl methyl sites for hydroxylation is 2. The zero-order valence-electron chi connectivity index (χ0n) is 11.0. The van der Waals surface area contributed by atoms with E-state index >= 15 is 0 Å². The van der Waals surface area contributed by atoms with Gasteiger partial charge in [-0.3, -0.25) is 0 Å². The maximum atomic E-state index is 5.93. The normalized spacial score (nSPS) is 10.8. The maximum absolute atomic E-state index is 5.93. The lowest BCUT2D eigenvalue weighted by atomic mass is 10.4. The van der Waals surface area contributed by atoms with Crippen LogP contribution < -0.4 is 10.5 Å². The summed E-state index contributed by atoms with van der Waals surface area (Å²) in [5.74, 6) is 0.671. The molecule has 0 aliphatic rings. The van der Waals surface area contributed by atoms with E-state index in [0.717, 1.165) is 31.7 Å². The average Bonchev–Trinajstić information content (AvgIpc) is 2.57. The summed E-state index contributed by atoms with van der Waals surface area (Å²) in [6.07, 6.45) is 2.03. The highest BCUT2D eigenvalue weighted by atomic mass is 16.5. The first-order valence-electron chi connectivity index (χ1n) is 6.24. The molecule has 1 aromatic heterocycles. The largest absolute Gasteiger partial charge is 0.474 e. The number of aromatic nitrogens is 2. The van der Waals surface area contributed by atoms with Crippen molar-refractivity contribution in [3.63, 3.8) is 0 Å². The third-order valence-corrected chi connectivity index (χ3v) is 2.38. The van der Waals surface area contributed by atoms with Crippen molar-refractivity contribution in [3.05, 3.63) is 5.69 Å². The third-order valence-electron chi connectivity index (χ3n) is 2.38. The molecule has 0 bridgehead atoms. The number of hydrogen-bond donors (Lipinski definition) is 1. The SMILES string of the molecule is CCCOCCOc1c(N)c(C)nn1CCC. The minimum Gasteiger partial charge on any atom is -0.474 e. The van der Waals surface area contributed by atoms with Gasteiger partial charge in [-0.2, -0.15) is 5.10 Å². The van der Waals surface area contributed by atoms with Crippen LogP contribution in [0.25, 0.3) is 0 Å². The van der Waals surface area contributed by atoms with Crippen molar-refractivity contribution in [1.82, 2.24) is 9.78 Å². The fraction of sp³-hybridized carbons (Fsp3) is 0.750. The van der Waals surface area contributed by atoms with Crippen molar-refractivity contribution in [1.29, 1.82) is 0 Å². The summed E-state index contributed by atoms with van der Waals surface area (Å²) in [6, 6.07) is 0. The van der Waals surface area contributed by atoms with Gasteiger partial charge in [0.05, 0.1) is 12.3 Å². The Hall–Kier alpha value is -1.23. The Kier molecular flexibility index (Phi) is 5.83. The van der Waals surface area contributed by atoms with E-state index in [9.17, 15) is 0 Å². The Bertz CT molecular complexity index is 337. The average molecular weight is 241 g/mol. The van der Waals surface area contributed by atoms with Crippen molar-refractivity contribution in [3.8, 4) is 5.88 Å². The molecule has 0 saturated heterocycles. The van der Waals surface area contributed by atoms with Crippen molar-refractivity contribution in [2.24, 2.45) is 0 Å². The highest BCUT2D eigenvalue weighted by Crippen LogP contribution is 2.24. The van der Waals surface area contributed by atoms with Crippen molar-refractivity contribution in [2.75, 3.05) is 25.6 Å². The van der Waals surface area contributed by atoms with Crippen LogP contribution in [0.15, 0.2) is 0 Å². The molecule has 0 saturated carbocycles. The van der Waals surface area contributed by atoms with Gasteiger partial charge >= 0.3 is 0 Å². The second kappa shape index (κ2) is 7.17. The molecule has 17 heavy (non-hydrogen) atoms. The van der Waals surface area contributed by atoms with Crippen LogP contribution >= 0.6 is 0 Å². The standard InChI is InChI=1S/C12H23N3O2/c1-4-6-15-12(11(13)10(3)14-15)17-9-8-16-7-5-2/h4-9,13H2,1-3H3. The van der Waals surface area contributed by atoms with Crippen molar-refractivity contribution in [2.45, 2.75) is 40.2 Å². The monoisotopic (exact) mass is 241 g/mol. The summed E-state index contributed by atoms with van der Waals surface area (Å²) in [4.78, 5) is 0. The first-order valence-corrected chi connectivity index (χ1v) is 6.24. The second-order valence-corrected chi connectivity index (χ2v) is 3.99. The lowest BCUT2D eigenvalue weighted by Gasteiger charge is -2.09. The molecular formula is C12H23N3O2. The van der Waals surface area contributed by atoms with Crippen LogP contribution in [-0.2, 0) is 11.3 Å². The Morgan fingerprint density at radius 2 is 1.94 bits per heavy atom. The van der Waals surface area contributed by atoms with E-state index in [1.54, 1.807) is 0 Å². The lowest BCUT2D eigenvalue weighted by Crippen LogP contribution is -2.11. The Balaban J connectivity index is 2.50. The Labute approximate surface area is 103 Å². The molecule has 5 nitrogen and oxygen atoms in total. The first kappa shape index (κ1) is 13.8. The molecule has 1 heterocycles. The predicted octanol–water partition coefficient (Wildman–Crippen LogP) is 1.99. The minimum atomic E-state index is 0.513. The van der Waals surface area contributed by atoms with E-state index in [-0.39, 0.29) is 0 Å². The molecule has 1 rings (SSSR count). The number of rotatable bonds is 8. The number of nitrogens with two attached hydrogens (primary N) is 1. The molecular weight excluding hydrogens is 218 g/mol. The van der Waals surface area contributed by atoms with E-state index in [1.165, 1.54) is 0 Å². The fourth-order valence-electron chi connectivity index (χ4n) is 1.53. The smallest absolute Gasteiger partial charge is 0.236 e. The molecule has 0 aromatic carbocycles. The molecule has 1 aromatic rings. The van der Waals surface area contributed by atoms with Crippen LogP contribution in [0.2, 0.25) is 0 Å². The summed E-state index contributed by atoms with van der Waals surface area (Å²) >= 11 is 0. The number of hydrogen-bond acceptors (Lipinski definition) is 4. The Morgan fingerprint density at radius 1 is 1.18 bits per heavy atom. The van der Waals surface area contributed by atoms with Gasteiger partial charge in [0.2, 0.25) is 5.88 Å². The quantitative estimate of drug-likeness (QED) is 0.707. The highest BCUT2D eigenvalue weighted by molar-refractivity contribution is 5.52. The molecule has 0 radical (unpaired) electrons. The van der Waals surface area contributed by atoms with Gasteiger partial charge in [0, 0.05) is 13.2 Å². The molecule has 0 atom stereocenters. The molecule has 0 aliphatic heterocycles.